The highest BCUT2D eigenvalue weighted by molar-refractivity contribution is 5.58. The van der Waals surface area contributed by atoms with Gasteiger partial charge in [-0.1, -0.05) is 25.1 Å². The van der Waals surface area contributed by atoms with Crippen LogP contribution in [0.4, 0.5) is 0 Å². The smallest absolute Gasteiger partial charge is 0.126 e. The third-order valence-electron chi connectivity index (χ3n) is 2.75. The Kier molecular flexibility index (Phi) is 5.78. The van der Waals surface area contributed by atoms with Gasteiger partial charge in [-0.05, 0) is 43.9 Å². The summed E-state index contributed by atoms with van der Waals surface area (Å²) < 4.78 is 5.32. The Morgan fingerprint density at radius 3 is 2.76 bits per heavy atom. The molecule has 0 amide bonds. The van der Waals surface area contributed by atoms with E-state index in [1.54, 1.807) is 7.11 Å². The summed E-state index contributed by atoms with van der Waals surface area (Å²) in [6, 6.07) is 6.25. The Morgan fingerprint density at radius 2 is 2.18 bits per heavy atom. The van der Waals surface area contributed by atoms with E-state index in [4.69, 9.17) is 4.74 Å². The highest BCUT2D eigenvalue weighted by Crippen LogP contribution is 2.22. The molecule has 1 rings (SSSR count). The van der Waals surface area contributed by atoms with E-state index >= 15 is 0 Å². The summed E-state index contributed by atoms with van der Waals surface area (Å²) in [4.78, 5) is 0. The van der Waals surface area contributed by atoms with Crippen LogP contribution in [0.3, 0.4) is 0 Å². The van der Waals surface area contributed by atoms with Crippen LogP contribution in [0.15, 0.2) is 24.3 Å². The Hall–Kier alpha value is -1.28. The predicted molar refractivity (Wildman–Crippen MR) is 72.3 cm³/mol. The normalized spacial score (nSPS) is 12.9. The van der Waals surface area contributed by atoms with Crippen molar-refractivity contribution in [2.24, 2.45) is 0 Å². The third-order valence-corrected chi connectivity index (χ3v) is 2.75. The molecule has 2 nitrogen and oxygen atoms in total. The molecule has 1 aromatic carbocycles. The second-order valence-electron chi connectivity index (χ2n) is 4.26. The van der Waals surface area contributed by atoms with Crippen molar-refractivity contribution in [3.05, 3.63) is 35.4 Å². The number of ether oxygens (including phenoxy) is 1. The molecular formula is C15H22O2. The lowest BCUT2D eigenvalue weighted by Gasteiger charge is -2.07. The molecule has 0 aromatic heterocycles. The summed E-state index contributed by atoms with van der Waals surface area (Å²) in [6.07, 6.45) is 6.63. The average molecular weight is 234 g/mol. The SMILES string of the molecule is CCc1ccc(OC)c(/C=C/CC[C@H](C)O)c1. The molecule has 0 spiro atoms. The molecule has 0 saturated heterocycles. The van der Waals surface area contributed by atoms with E-state index in [2.05, 4.69) is 31.2 Å². The standard InChI is InChI=1S/C15H22O2/c1-4-13-9-10-15(17-3)14(11-13)8-6-5-7-12(2)16/h6,8-12,16H,4-5,7H2,1-3H3/b8-6+/t12-/m0/s1. The lowest BCUT2D eigenvalue weighted by atomic mass is 10.1. The summed E-state index contributed by atoms with van der Waals surface area (Å²) in [5.41, 5.74) is 2.42. The number of hydrogen-bond acceptors (Lipinski definition) is 2. The van der Waals surface area contributed by atoms with Crippen LogP contribution in [-0.2, 0) is 6.42 Å². The van der Waals surface area contributed by atoms with Crippen molar-refractivity contribution in [3.8, 4) is 5.75 Å². The van der Waals surface area contributed by atoms with E-state index in [0.29, 0.717) is 0 Å². The Morgan fingerprint density at radius 1 is 1.41 bits per heavy atom. The number of allylic oxidation sites excluding steroid dienone is 1. The molecule has 0 bridgehead atoms. The minimum absolute atomic E-state index is 0.233. The first-order valence-corrected chi connectivity index (χ1v) is 6.19. The summed E-state index contributed by atoms with van der Waals surface area (Å²) in [5, 5.41) is 9.17. The molecule has 0 aliphatic heterocycles. The quantitative estimate of drug-likeness (QED) is 0.817. The largest absolute Gasteiger partial charge is 0.496 e. The minimum atomic E-state index is -0.233. The predicted octanol–water partition coefficient (Wildman–Crippen LogP) is 3.43. The van der Waals surface area contributed by atoms with Crippen molar-refractivity contribution in [3.63, 3.8) is 0 Å². The monoisotopic (exact) mass is 234 g/mol. The highest BCUT2D eigenvalue weighted by atomic mass is 16.5. The van der Waals surface area contributed by atoms with Crippen LogP contribution in [0.2, 0.25) is 0 Å². The van der Waals surface area contributed by atoms with Gasteiger partial charge in [0.1, 0.15) is 5.75 Å². The maximum Gasteiger partial charge on any atom is 0.126 e. The van der Waals surface area contributed by atoms with Crippen LogP contribution in [0.25, 0.3) is 6.08 Å². The topological polar surface area (TPSA) is 29.5 Å². The van der Waals surface area contributed by atoms with Gasteiger partial charge in [-0.15, -0.1) is 0 Å². The Bertz CT molecular complexity index is 367. The summed E-state index contributed by atoms with van der Waals surface area (Å²) in [6.45, 7) is 3.95. The van der Waals surface area contributed by atoms with Gasteiger partial charge in [-0.3, -0.25) is 0 Å². The molecule has 0 saturated carbocycles. The van der Waals surface area contributed by atoms with E-state index in [1.807, 2.05) is 13.0 Å². The van der Waals surface area contributed by atoms with Crippen LogP contribution in [0, 0.1) is 0 Å². The molecular weight excluding hydrogens is 212 g/mol. The number of hydrogen-bond donors (Lipinski definition) is 1. The van der Waals surface area contributed by atoms with Gasteiger partial charge in [-0.2, -0.15) is 0 Å². The van der Waals surface area contributed by atoms with E-state index in [1.165, 1.54) is 5.56 Å². The first-order chi connectivity index (χ1) is 8.17. The molecule has 94 valence electrons. The van der Waals surface area contributed by atoms with Crippen LogP contribution in [0.5, 0.6) is 5.75 Å². The fourth-order valence-electron chi connectivity index (χ4n) is 1.68. The molecule has 0 aliphatic rings. The number of rotatable bonds is 6. The van der Waals surface area contributed by atoms with Gasteiger partial charge in [0.05, 0.1) is 13.2 Å². The van der Waals surface area contributed by atoms with Crippen LogP contribution in [-0.4, -0.2) is 18.3 Å². The second-order valence-corrected chi connectivity index (χ2v) is 4.26. The summed E-state index contributed by atoms with van der Waals surface area (Å²) in [5.74, 6) is 0.899. The van der Waals surface area contributed by atoms with E-state index < -0.39 is 0 Å². The van der Waals surface area contributed by atoms with Crippen molar-refractivity contribution in [1.29, 1.82) is 0 Å². The number of aliphatic hydroxyl groups is 1. The molecule has 1 aromatic rings. The zero-order valence-electron chi connectivity index (χ0n) is 10.9. The minimum Gasteiger partial charge on any atom is -0.496 e. The van der Waals surface area contributed by atoms with Crippen molar-refractivity contribution in [1.82, 2.24) is 0 Å². The molecule has 0 fully saturated rings. The Balaban J connectivity index is 2.73. The molecule has 0 aliphatic carbocycles. The fourth-order valence-corrected chi connectivity index (χ4v) is 1.68. The molecule has 0 radical (unpaired) electrons. The van der Waals surface area contributed by atoms with E-state index in [-0.39, 0.29) is 6.10 Å². The average Bonchev–Trinajstić information content (AvgIpc) is 2.34. The maximum atomic E-state index is 9.17. The molecule has 17 heavy (non-hydrogen) atoms. The summed E-state index contributed by atoms with van der Waals surface area (Å²) >= 11 is 0. The van der Waals surface area contributed by atoms with Crippen molar-refractivity contribution >= 4 is 6.08 Å². The van der Waals surface area contributed by atoms with Gasteiger partial charge in [0.15, 0.2) is 0 Å². The van der Waals surface area contributed by atoms with Crippen LogP contribution in [0.1, 0.15) is 37.8 Å². The fraction of sp³-hybridized carbons (Fsp3) is 0.467. The van der Waals surface area contributed by atoms with E-state index in [9.17, 15) is 5.11 Å². The number of aliphatic hydroxyl groups excluding tert-OH is 1. The van der Waals surface area contributed by atoms with E-state index in [0.717, 1.165) is 30.6 Å². The maximum absolute atomic E-state index is 9.17. The second kappa shape index (κ2) is 7.13. The van der Waals surface area contributed by atoms with Gasteiger partial charge < -0.3 is 9.84 Å². The zero-order valence-corrected chi connectivity index (χ0v) is 10.9. The Labute approximate surface area is 104 Å². The first kappa shape index (κ1) is 13.8. The van der Waals surface area contributed by atoms with Gasteiger partial charge >= 0.3 is 0 Å². The van der Waals surface area contributed by atoms with Gasteiger partial charge in [0.2, 0.25) is 0 Å². The lowest BCUT2D eigenvalue weighted by Crippen LogP contribution is -1.96. The zero-order chi connectivity index (χ0) is 12.7. The number of aryl methyl sites for hydroxylation is 1. The first-order valence-electron chi connectivity index (χ1n) is 6.19. The molecule has 1 atom stereocenters. The highest BCUT2D eigenvalue weighted by Gasteiger charge is 2.00. The van der Waals surface area contributed by atoms with Crippen molar-refractivity contribution < 1.29 is 9.84 Å². The van der Waals surface area contributed by atoms with Gasteiger partial charge in [0.25, 0.3) is 0 Å². The van der Waals surface area contributed by atoms with Crippen molar-refractivity contribution in [2.75, 3.05) is 7.11 Å². The van der Waals surface area contributed by atoms with Gasteiger partial charge in [-0.25, -0.2) is 0 Å². The molecule has 2 heteroatoms. The molecule has 0 unspecified atom stereocenters. The molecule has 0 heterocycles. The third kappa shape index (κ3) is 4.61. The van der Waals surface area contributed by atoms with Gasteiger partial charge in [0, 0.05) is 5.56 Å². The number of methoxy groups -OCH3 is 1. The summed E-state index contributed by atoms with van der Waals surface area (Å²) in [7, 11) is 1.69. The van der Waals surface area contributed by atoms with Crippen LogP contribution >= 0.6 is 0 Å². The van der Waals surface area contributed by atoms with Crippen LogP contribution < -0.4 is 4.74 Å². The lowest BCUT2D eigenvalue weighted by molar-refractivity contribution is 0.186. The molecule has 1 N–H and O–H groups in total. The van der Waals surface area contributed by atoms with Crippen molar-refractivity contribution in [2.45, 2.75) is 39.2 Å². The number of benzene rings is 1.